The Bertz CT molecular complexity index is 353. The summed E-state index contributed by atoms with van der Waals surface area (Å²) in [5.74, 6) is 1.54. The zero-order valence-corrected chi connectivity index (χ0v) is 10.8. The molecule has 0 bridgehead atoms. The maximum Gasteiger partial charge on any atom is 0.164 e. The van der Waals surface area contributed by atoms with E-state index in [1.807, 2.05) is 12.1 Å². The minimum atomic E-state index is 0.570. The van der Waals surface area contributed by atoms with Gasteiger partial charge in [-0.15, -0.1) is 0 Å². The van der Waals surface area contributed by atoms with Crippen LogP contribution in [0.15, 0.2) is 12.1 Å². The van der Waals surface area contributed by atoms with E-state index in [9.17, 15) is 0 Å². The molecule has 0 aliphatic carbocycles. The highest BCUT2D eigenvalue weighted by Gasteiger charge is 2.14. The van der Waals surface area contributed by atoms with E-state index in [2.05, 4.69) is 0 Å². The van der Waals surface area contributed by atoms with Gasteiger partial charge < -0.3 is 19.9 Å². The molecule has 0 aromatic heterocycles. The topological polar surface area (TPSA) is 53.7 Å². The van der Waals surface area contributed by atoms with Crippen LogP contribution in [0.25, 0.3) is 0 Å². The highest BCUT2D eigenvalue weighted by molar-refractivity contribution is 5.50. The molecule has 2 N–H and O–H groups in total. The second kappa shape index (κ2) is 7.14. The van der Waals surface area contributed by atoms with Crippen LogP contribution in [0.4, 0.5) is 0 Å². The lowest BCUT2D eigenvalue weighted by atomic mass is 10.0. The third-order valence-corrected chi connectivity index (χ3v) is 2.68. The van der Waals surface area contributed by atoms with E-state index in [4.69, 9.17) is 19.9 Å². The molecule has 0 aliphatic heterocycles. The highest BCUT2D eigenvalue weighted by Crippen LogP contribution is 2.34. The van der Waals surface area contributed by atoms with Crippen LogP contribution in [0.1, 0.15) is 17.5 Å². The van der Waals surface area contributed by atoms with Crippen LogP contribution in [0, 0.1) is 0 Å². The van der Waals surface area contributed by atoms with Crippen molar-refractivity contribution < 1.29 is 14.2 Å². The third kappa shape index (κ3) is 3.35. The Morgan fingerprint density at radius 1 is 1.12 bits per heavy atom. The molecule has 0 amide bonds. The van der Waals surface area contributed by atoms with E-state index in [0.717, 1.165) is 35.5 Å². The van der Waals surface area contributed by atoms with Crippen LogP contribution in [0.3, 0.4) is 0 Å². The number of methoxy groups -OCH3 is 3. The summed E-state index contributed by atoms with van der Waals surface area (Å²) in [6, 6.07) is 3.91. The Morgan fingerprint density at radius 3 is 2.41 bits per heavy atom. The first-order chi connectivity index (χ1) is 8.28. The quantitative estimate of drug-likeness (QED) is 0.787. The fourth-order valence-electron chi connectivity index (χ4n) is 1.88. The van der Waals surface area contributed by atoms with Crippen molar-refractivity contribution in [2.75, 3.05) is 27.9 Å². The fraction of sp³-hybridized carbons (Fsp3) is 0.538. The van der Waals surface area contributed by atoms with E-state index < -0.39 is 0 Å². The maximum atomic E-state index is 5.56. The molecule has 0 saturated carbocycles. The molecule has 0 spiro atoms. The van der Waals surface area contributed by atoms with Crippen LogP contribution in [0.2, 0.25) is 0 Å². The van der Waals surface area contributed by atoms with Gasteiger partial charge in [0.15, 0.2) is 11.5 Å². The summed E-state index contributed by atoms with van der Waals surface area (Å²) in [5.41, 5.74) is 7.81. The predicted octanol–water partition coefficient (Wildman–Crippen LogP) is 1.74. The molecule has 0 fully saturated rings. The van der Waals surface area contributed by atoms with Gasteiger partial charge in [0.2, 0.25) is 0 Å². The number of nitrogens with two attached hydrogens (primary N) is 1. The van der Waals surface area contributed by atoms with Crippen molar-refractivity contribution in [1.29, 1.82) is 0 Å². The molecular formula is C13H21NO3. The number of benzene rings is 1. The molecule has 0 atom stereocenters. The zero-order valence-electron chi connectivity index (χ0n) is 10.8. The molecule has 0 heterocycles. The van der Waals surface area contributed by atoms with Gasteiger partial charge in [-0.2, -0.15) is 0 Å². The molecule has 1 aromatic rings. The van der Waals surface area contributed by atoms with Gasteiger partial charge in [0.1, 0.15) is 0 Å². The Balaban J connectivity index is 3.13. The minimum Gasteiger partial charge on any atom is -0.493 e. The van der Waals surface area contributed by atoms with E-state index in [1.54, 1.807) is 21.3 Å². The van der Waals surface area contributed by atoms with Crippen molar-refractivity contribution in [3.8, 4) is 11.5 Å². The van der Waals surface area contributed by atoms with Gasteiger partial charge in [0.05, 0.1) is 20.8 Å². The first-order valence-corrected chi connectivity index (χ1v) is 5.70. The number of rotatable bonds is 7. The predicted molar refractivity (Wildman–Crippen MR) is 67.6 cm³/mol. The fourth-order valence-corrected chi connectivity index (χ4v) is 1.88. The minimum absolute atomic E-state index is 0.570. The molecular weight excluding hydrogens is 218 g/mol. The average Bonchev–Trinajstić information content (AvgIpc) is 2.36. The van der Waals surface area contributed by atoms with Crippen molar-refractivity contribution in [3.05, 3.63) is 23.3 Å². The van der Waals surface area contributed by atoms with Gasteiger partial charge in [0.25, 0.3) is 0 Å². The van der Waals surface area contributed by atoms with E-state index in [-0.39, 0.29) is 0 Å². The van der Waals surface area contributed by atoms with Crippen LogP contribution < -0.4 is 15.2 Å². The Kier molecular flexibility index (Phi) is 5.80. The molecule has 1 rings (SSSR count). The highest BCUT2D eigenvalue weighted by atomic mass is 16.5. The van der Waals surface area contributed by atoms with Crippen molar-refractivity contribution in [3.63, 3.8) is 0 Å². The summed E-state index contributed by atoms with van der Waals surface area (Å²) in [6.45, 7) is 1.23. The van der Waals surface area contributed by atoms with Gasteiger partial charge in [-0.05, 0) is 31.0 Å². The van der Waals surface area contributed by atoms with Gasteiger partial charge in [-0.1, -0.05) is 6.07 Å². The van der Waals surface area contributed by atoms with E-state index in [1.165, 1.54) is 0 Å². The van der Waals surface area contributed by atoms with Crippen molar-refractivity contribution in [2.45, 2.75) is 19.4 Å². The molecule has 96 valence electrons. The summed E-state index contributed by atoms with van der Waals surface area (Å²) in [6.07, 6.45) is 1.79. The molecule has 0 aliphatic rings. The maximum absolute atomic E-state index is 5.56. The summed E-state index contributed by atoms with van der Waals surface area (Å²) in [5, 5.41) is 0. The van der Waals surface area contributed by atoms with Crippen LogP contribution in [0.5, 0.6) is 11.5 Å². The summed E-state index contributed by atoms with van der Waals surface area (Å²) in [4.78, 5) is 0. The smallest absolute Gasteiger partial charge is 0.164 e. The lowest BCUT2D eigenvalue weighted by Crippen LogP contribution is -2.06. The van der Waals surface area contributed by atoms with Gasteiger partial charge in [0, 0.05) is 12.7 Å². The molecule has 4 nitrogen and oxygen atoms in total. The standard InChI is InChI=1S/C13H21NO3/c1-15-9-10-6-7-12(16-2)13(17-3)11(10)5-4-8-14/h6-7H,4-5,8-9,14H2,1-3H3. The van der Waals surface area contributed by atoms with Crippen molar-refractivity contribution in [2.24, 2.45) is 5.73 Å². The van der Waals surface area contributed by atoms with Crippen molar-refractivity contribution in [1.82, 2.24) is 0 Å². The third-order valence-electron chi connectivity index (χ3n) is 2.68. The van der Waals surface area contributed by atoms with Gasteiger partial charge in [-0.25, -0.2) is 0 Å². The number of hydrogen-bond donors (Lipinski definition) is 1. The Morgan fingerprint density at radius 2 is 1.88 bits per heavy atom. The summed E-state index contributed by atoms with van der Waals surface area (Å²) >= 11 is 0. The van der Waals surface area contributed by atoms with Crippen LogP contribution in [-0.2, 0) is 17.8 Å². The number of ether oxygens (including phenoxy) is 3. The van der Waals surface area contributed by atoms with Crippen LogP contribution in [-0.4, -0.2) is 27.9 Å². The first-order valence-electron chi connectivity index (χ1n) is 5.70. The molecule has 1 aromatic carbocycles. The second-order valence-corrected chi connectivity index (χ2v) is 3.76. The summed E-state index contributed by atoms with van der Waals surface area (Å²) < 4.78 is 15.9. The van der Waals surface area contributed by atoms with Crippen molar-refractivity contribution >= 4 is 0 Å². The monoisotopic (exact) mass is 239 g/mol. The molecule has 4 heteroatoms. The second-order valence-electron chi connectivity index (χ2n) is 3.76. The normalized spacial score (nSPS) is 10.4. The average molecular weight is 239 g/mol. The lowest BCUT2D eigenvalue weighted by Gasteiger charge is -2.16. The van der Waals surface area contributed by atoms with Gasteiger partial charge in [-0.3, -0.25) is 0 Å². The SMILES string of the molecule is COCc1ccc(OC)c(OC)c1CCCN. The van der Waals surface area contributed by atoms with E-state index in [0.29, 0.717) is 13.2 Å². The van der Waals surface area contributed by atoms with E-state index >= 15 is 0 Å². The molecule has 0 radical (unpaired) electrons. The summed E-state index contributed by atoms with van der Waals surface area (Å²) in [7, 11) is 4.98. The largest absolute Gasteiger partial charge is 0.493 e. The number of hydrogen-bond acceptors (Lipinski definition) is 4. The molecule has 0 saturated heterocycles. The Labute approximate surface area is 103 Å². The van der Waals surface area contributed by atoms with Crippen LogP contribution >= 0.6 is 0 Å². The molecule has 0 unspecified atom stereocenters. The van der Waals surface area contributed by atoms with Gasteiger partial charge >= 0.3 is 0 Å². The zero-order chi connectivity index (χ0) is 12.7. The lowest BCUT2D eigenvalue weighted by molar-refractivity contribution is 0.183. The first kappa shape index (κ1) is 13.8. The Hall–Kier alpha value is -1.26. The molecule has 17 heavy (non-hydrogen) atoms.